The summed E-state index contributed by atoms with van der Waals surface area (Å²) in [5.41, 5.74) is 0. The minimum absolute atomic E-state index is 0.422. The van der Waals surface area contributed by atoms with E-state index >= 15 is 0 Å². The Bertz CT molecular complexity index is 289. The maximum atomic E-state index is 5.87. The van der Waals surface area contributed by atoms with Gasteiger partial charge in [-0.15, -0.1) is 12.6 Å². The van der Waals surface area contributed by atoms with E-state index in [4.69, 9.17) is 27.9 Å². The van der Waals surface area contributed by atoms with Crippen molar-refractivity contribution in [1.29, 1.82) is 0 Å². The van der Waals surface area contributed by atoms with Crippen molar-refractivity contribution in [1.82, 2.24) is 0 Å². The van der Waals surface area contributed by atoms with Gasteiger partial charge < -0.3 is 4.74 Å². The summed E-state index contributed by atoms with van der Waals surface area (Å²) in [6.07, 6.45) is 0. The van der Waals surface area contributed by atoms with Crippen LogP contribution in [0.25, 0.3) is 0 Å². The number of benzene rings is 1. The zero-order valence-electron chi connectivity index (χ0n) is 6.47. The average Bonchev–Trinajstić information content (AvgIpc) is 2.07. The third kappa shape index (κ3) is 2.00. The molecule has 1 nitrogen and oxygen atoms in total. The van der Waals surface area contributed by atoms with E-state index < -0.39 is 0 Å². The molecule has 4 heteroatoms. The molecule has 0 amide bonds. The van der Waals surface area contributed by atoms with E-state index in [9.17, 15) is 0 Å². The van der Waals surface area contributed by atoms with E-state index in [0.717, 1.165) is 0 Å². The van der Waals surface area contributed by atoms with Crippen LogP contribution in [0, 0.1) is 0 Å². The lowest BCUT2D eigenvalue weighted by Crippen LogP contribution is -1.92. The van der Waals surface area contributed by atoms with E-state index in [1.807, 2.05) is 6.92 Å². The molecule has 1 aromatic carbocycles. The van der Waals surface area contributed by atoms with E-state index in [-0.39, 0.29) is 0 Å². The van der Waals surface area contributed by atoms with Crippen LogP contribution in [0.3, 0.4) is 0 Å². The zero-order valence-corrected chi connectivity index (χ0v) is 8.88. The third-order valence-corrected chi connectivity index (χ3v) is 2.70. The van der Waals surface area contributed by atoms with Crippen LogP contribution in [-0.2, 0) is 0 Å². The Morgan fingerprint density at radius 1 is 1.33 bits per heavy atom. The highest BCUT2D eigenvalue weighted by Crippen LogP contribution is 2.36. The predicted molar refractivity (Wildman–Crippen MR) is 54.9 cm³/mol. The Hall–Kier alpha value is -0.0500. The van der Waals surface area contributed by atoms with Gasteiger partial charge in [-0.3, -0.25) is 0 Å². The molecule has 0 unspecified atom stereocenters. The Morgan fingerprint density at radius 2 is 2.00 bits per heavy atom. The Morgan fingerprint density at radius 3 is 2.58 bits per heavy atom. The van der Waals surface area contributed by atoms with Crippen molar-refractivity contribution in [2.45, 2.75) is 11.8 Å². The number of halogens is 2. The van der Waals surface area contributed by atoms with Gasteiger partial charge >= 0.3 is 0 Å². The van der Waals surface area contributed by atoms with Gasteiger partial charge in [0, 0.05) is 4.90 Å². The molecule has 0 spiro atoms. The minimum atomic E-state index is 0.422. The quantitative estimate of drug-likeness (QED) is 0.752. The van der Waals surface area contributed by atoms with Crippen LogP contribution in [-0.4, -0.2) is 6.61 Å². The molecule has 0 aromatic heterocycles. The second-order valence-corrected chi connectivity index (χ2v) is 3.38. The second-order valence-electron chi connectivity index (χ2n) is 2.14. The first-order valence-electron chi connectivity index (χ1n) is 3.46. The third-order valence-electron chi connectivity index (χ3n) is 1.33. The number of hydrogen-bond donors (Lipinski definition) is 1. The van der Waals surface area contributed by atoms with Gasteiger partial charge in [-0.05, 0) is 19.1 Å². The molecule has 0 radical (unpaired) electrons. The smallest absolute Gasteiger partial charge is 0.139 e. The summed E-state index contributed by atoms with van der Waals surface area (Å²) < 4.78 is 5.22. The van der Waals surface area contributed by atoms with Crippen molar-refractivity contribution in [3.05, 3.63) is 22.2 Å². The lowest BCUT2D eigenvalue weighted by atomic mass is 10.3. The molecular formula is C8H8Cl2OS. The minimum Gasteiger partial charge on any atom is -0.492 e. The Kier molecular flexibility index (Phi) is 3.56. The number of hydrogen-bond acceptors (Lipinski definition) is 2. The van der Waals surface area contributed by atoms with Crippen LogP contribution in [0.1, 0.15) is 6.92 Å². The predicted octanol–water partition coefficient (Wildman–Crippen LogP) is 3.68. The molecule has 0 fully saturated rings. The summed E-state index contributed by atoms with van der Waals surface area (Å²) in [6.45, 7) is 2.46. The highest BCUT2D eigenvalue weighted by molar-refractivity contribution is 7.80. The van der Waals surface area contributed by atoms with E-state index in [1.165, 1.54) is 0 Å². The van der Waals surface area contributed by atoms with Gasteiger partial charge in [0.15, 0.2) is 0 Å². The van der Waals surface area contributed by atoms with E-state index in [2.05, 4.69) is 12.6 Å². The van der Waals surface area contributed by atoms with Crippen LogP contribution >= 0.6 is 35.8 Å². The van der Waals surface area contributed by atoms with Crippen LogP contribution in [0.15, 0.2) is 17.0 Å². The van der Waals surface area contributed by atoms with E-state index in [1.54, 1.807) is 12.1 Å². The molecule has 12 heavy (non-hydrogen) atoms. The molecule has 1 rings (SSSR count). The van der Waals surface area contributed by atoms with Crippen molar-refractivity contribution in [3.63, 3.8) is 0 Å². The topological polar surface area (TPSA) is 9.23 Å². The standard InChI is InChI=1S/C8H8Cl2OS/c1-2-11-5-3-4-6(12)8(10)7(5)9/h3-4,12H,2H2,1H3. The maximum Gasteiger partial charge on any atom is 0.139 e. The van der Waals surface area contributed by atoms with Gasteiger partial charge in [0.25, 0.3) is 0 Å². The molecular weight excluding hydrogens is 215 g/mol. The fourth-order valence-corrected chi connectivity index (χ4v) is 1.42. The van der Waals surface area contributed by atoms with Crippen LogP contribution in [0.5, 0.6) is 5.75 Å². The number of rotatable bonds is 2. The fourth-order valence-electron chi connectivity index (χ4n) is 0.789. The van der Waals surface area contributed by atoms with Crippen molar-refractivity contribution in [2.24, 2.45) is 0 Å². The van der Waals surface area contributed by atoms with Crippen molar-refractivity contribution < 1.29 is 4.74 Å². The lowest BCUT2D eigenvalue weighted by Gasteiger charge is -2.07. The van der Waals surface area contributed by atoms with Crippen molar-refractivity contribution in [2.75, 3.05) is 6.61 Å². The summed E-state index contributed by atoms with van der Waals surface area (Å²) in [5, 5.41) is 0.858. The first-order chi connectivity index (χ1) is 5.66. The Labute approximate surface area is 87.0 Å². The first kappa shape index (κ1) is 10.0. The highest BCUT2D eigenvalue weighted by Gasteiger charge is 2.07. The molecule has 0 saturated heterocycles. The molecule has 0 aliphatic heterocycles. The number of thiol groups is 1. The molecule has 66 valence electrons. The van der Waals surface area contributed by atoms with Gasteiger partial charge in [-0.1, -0.05) is 23.2 Å². The normalized spacial score (nSPS) is 10.0. The largest absolute Gasteiger partial charge is 0.492 e. The van der Waals surface area contributed by atoms with E-state index in [0.29, 0.717) is 27.3 Å². The summed E-state index contributed by atoms with van der Waals surface area (Å²) >= 11 is 15.8. The van der Waals surface area contributed by atoms with Crippen LogP contribution in [0.4, 0.5) is 0 Å². The highest BCUT2D eigenvalue weighted by atomic mass is 35.5. The van der Waals surface area contributed by atoms with Gasteiger partial charge in [0.05, 0.1) is 11.6 Å². The summed E-state index contributed by atoms with van der Waals surface area (Å²) in [6, 6.07) is 3.50. The second kappa shape index (κ2) is 4.26. The molecule has 0 atom stereocenters. The lowest BCUT2D eigenvalue weighted by molar-refractivity contribution is 0.340. The zero-order chi connectivity index (χ0) is 9.14. The van der Waals surface area contributed by atoms with Crippen molar-refractivity contribution in [3.8, 4) is 5.75 Å². The summed E-state index contributed by atoms with van der Waals surface area (Å²) in [5.74, 6) is 0.599. The summed E-state index contributed by atoms with van der Waals surface area (Å²) in [7, 11) is 0. The Balaban J connectivity index is 3.08. The van der Waals surface area contributed by atoms with Gasteiger partial charge in [0.2, 0.25) is 0 Å². The van der Waals surface area contributed by atoms with Gasteiger partial charge in [-0.2, -0.15) is 0 Å². The fraction of sp³-hybridized carbons (Fsp3) is 0.250. The molecule has 0 bridgehead atoms. The first-order valence-corrected chi connectivity index (χ1v) is 4.67. The van der Waals surface area contributed by atoms with Gasteiger partial charge in [-0.25, -0.2) is 0 Å². The molecule has 0 heterocycles. The monoisotopic (exact) mass is 222 g/mol. The maximum absolute atomic E-state index is 5.87. The van der Waals surface area contributed by atoms with Crippen LogP contribution < -0.4 is 4.74 Å². The molecule has 0 aliphatic carbocycles. The van der Waals surface area contributed by atoms with Crippen LogP contribution in [0.2, 0.25) is 10.0 Å². The number of ether oxygens (including phenoxy) is 1. The summed E-state index contributed by atoms with van der Waals surface area (Å²) in [4.78, 5) is 0.658. The molecule has 0 saturated carbocycles. The molecule has 0 aliphatic rings. The molecule has 0 N–H and O–H groups in total. The van der Waals surface area contributed by atoms with Gasteiger partial charge in [0.1, 0.15) is 10.8 Å². The SMILES string of the molecule is CCOc1ccc(S)c(Cl)c1Cl. The molecule has 1 aromatic rings. The van der Waals surface area contributed by atoms with Crippen molar-refractivity contribution >= 4 is 35.8 Å². The average molecular weight is 223 g/mol.